The Kier molecular flexibility index (Phi) is 3.14. The number of carbonyl (C=O) groups is 1. The average molecular weight is 262 g/mol. The lowest BCUT2D eigenvalue weighted by atomic mass is 9.83. The number of methoxy groups -OCH3 is 1. The van der Waals surface area contributed by atoms with E-state index in [4.69, 9.17) is 4.74 Å². The molecule has 2 aliphatic rings. The number of nitrogens with zero attached hydrogens (tertiary/aromatic N) is 2. The van der Waals surface area contributed by atoms with Crippen molar-refractivity contribution in [1.82, 2.24) is 9.47 Å². The SMILES string of the molecule is COCC(=O)N1CC2CC(C1)c1cccc(=O)n1C2. The number of likely N-dealkylation sites (tertiary alicyclic amines) is 1. The van der Waals surface area contributed by atoms with Gasteiger partial charge < -0.3 is 14.2 Å². The van der Waals surface area contributed by atoms with Gasteiger partial charge in [-0.1, -0.05) is 6.07 Å². The molecule has 1 aromatic rings. The Morgan fingerprint density at radius 3 is 3.00 bits per heavy atom. The van der Waals surface area contributed by atoms with Gasteiger partial charge in [-0.3, -0.25) is 9.59 Å². The van der Waals surface area contributed by atoms with Crippen LogP contribution in [0.2, 0.25) is 0 Å². The largest absolute Gasteiger partial charge is 0.375 e. The Morgan fingerprint density at radius 2 is 2.21 bits per heavy atom. The van der Waals surface area contributed by atoms with Crippen molar-refractivity contribution in [3.63, 3.8) is 0 Å². The minimum atomic E-state index is 0.0453. The first kappa shape index (κ1) is 12.4. The zero-order valence-corrected chi connectivity index (χ0v) is 11.0. The predicted molar refractivity (Wildman–Crippen MR) is 70.0 cm³/mol. The maximum Gasteiger partial charge on any atom is 0.250 e. The van der Waals surface area contributed by atoms with Gasteiger partial charge in [0.1, 0.15) is 6.61 Å². The second-order valence-electron chi connectivity index (χ2n) is 5.43. The fraction of sp³-hybridized carbons (Fsp3) is 0.571. The normalized spacial score (nSPS) is 25.0. The smallest absolute Gasteiger partial charge is 0.250 e. The molecule has 0 radical (unpaired) electrons. The summed E-state index contributed by atoms with van der Waals surface area (Å²) >= 11 is 0. The van der Waals surface area contributed by atoms with Gasteiger partial charge in [0, 0.05) is 44.4 Å². The van der Waals surface area contributed by atoms with Crippen molar-refractivity contribution in [3.8, 4) is 0 Å². The van der Waals surface area contributed by atoms with E-state index in [1.165, 1.54) is 7.11 Å². The first-order valence-corrected chi connectivity index (χ1v) is 6.65. The Morgan fingerprint density at radius 1 is 1.37 bits per heavy atom. The maximum atomic E-state index is 11.9. The molecule has 0 aliphatic carbocycles. The highest BCUT2D eigenvalue weighted by molar-refractivity contribution is 5.77. The number of carbonyl (C=O) groups excluding carboxylic acids is 1. The molecule has 0 aromatic carbocycles. The molecule has 3 rings (SSSR count). The molecule has 102 valence electrons. The number of pyridine rings is 1. The van der Waals surface area contributed by atoms with Gasteiger partial charge in [-0.25, -0.2) is 0 Å². The molecule has 19 heavy (non-hydrogen) atoms. The zero-order valence-electron chi connectivity index (χ0n) is 11.0. The van der Waals surface area contributed by atoms with E-state index in [9.17, 15) is 9.59 Å². The zero-order chi connectivity index (χ0) is 13.4. The van der Waals surface area contributed by atoms with Crippen molar-refractivity contribution in [3.05, 3.63) is 34.2 Å². The summed E-state index contributed by atoms with van der Waals surface area (Å²) in [6.45, 7) is 2.30. The second-order valence-corrected chi connectivity index (χ2v) is 5.43. The first-order chi connectivity index (χ1) is 9.19. The molecule has 2 bridgehead atoms. The summed E-state index contributed by atoms with van der Waals surface area (Å²) in [5.74, 6) is 0.707. The maximum absolute atomic E-state index is 11.9. The number of hydrogen-bond donors (Lipinski definition) is 0. The molecule has 1 fully saturated rings. The number of hydrogen-bond acceptors (Lipinski definition) is 3. The molecule has 2 atom stereocenters. The van der Waals surface area contributed by atoms with Crippen LogP contribution in [0, 0.1) is 5.92 Å². The van der Waals surface area contributed by atoms with E-state index in [0.29, 0.717) is 12.5 Å². The molecule has 5 heteroatoms. The lowest BCUT2D eigenvalue weighted by Crippen LogP contribution is -2.49. The van der Waals surface area contributed by atoms with Crippen LogP contribution in [0.1, 0.15) is 18.0 Å². The van der Waals surface area contributed by atoms with Crippen LogP contribution in [0.4, 0.5) is 0 Å². The number of piperidine rings is 1. The summed E-state index contributed by atoms with van der Waals surface area (Å²) in [6, 6.07) is 5.43. The highest BCUT2D eigenvalue weighted by Crippen LogP contribution is 2.34. The van der Waals surface area contributed by atoms with Crippen LogP contribution in [0.25, 0.3) is 0 Å². The summed E-state index contributed by atoms with van der Waals surface area (Å²) < 4.78 is 6.79. The number of aromatic nitrogens is 1. The average Bonchev–Trinajstić information content (AvgIpc) is 2.40. The first-order valence-electron chi connectivity index (χ1n) is 6.65. The second kappa shape index (κ2) is 4.81. The number of amides is 1. The van der Waals surface area contributed by atoms with E-state index in [1.54, 1.807) is 6.07 Å². The number of fused-ring (bicyclic) bond motifs is 4. The van der Waals surface area contributed by atoms with Crippen molar-refractivity contribution in [2.45, 2.75) is 18.9 Å². The Bertz CT molecular complexity index is 552. The lowest BCUT2D eigenvalue weighted by Gasteiger charge is -2.42. The molecule has 0 spiro atoms. The molecule has 2 aliphatic heterocycles. The highest BCUT2D eigenvalue weighted by Gasteiger charge is 2.35. The molecule has 1 saturated heterocycles. The Balaban J connectivity index is 1.88. The highest BCUT2D eigenvalue weighted by atomic mass is 16.5. The van der Waals surface area contributed by atoms with E-state index in [0.717, 1.165) is 25.2 Å². The lowest BCUT2D eigenvalue weighted by molar-refractivity contribution is -0.137. The van der Waals surface area contributed by atoms with Crippen LogP contribution in [0.15, 0.2) is 23.0 Å². The number of ether oxygens (including phenoxy) is 1. The quantitative estimate of drug-likeness (QED) is 0.777. The Hall–Kier alpha value is -1.62. The molecule has 1 aromatic heterocycles. The van der Waals surface area contributed by atoms with E-state index < -0.39 is 0 Å². The van der Waals surface area contributed by atoms with Gasteiger partial charge in [0.25, 0.3) is 5.56 Å². The molecule has 0 saturated carbocycles. The fourth-order valence-electron chi connectivity index (χ4n) is 3.31. The van der Waals surface area contributed by atoms with E-state index in [-0.39, 0.29) is 24.0 Å². The monoisotopic (exact) mass is 262 g/mol. The third-order valence-electron chi connectivity index (χ3n) is 4.10. The summed E-state index contributed by atoms with van der Waals surface area (Å²) in [5.41, 5.74) is 1.14. The molecule has 3 heterocycles. The summed E-state index contributed by atoms with van der Waals surface area (Å²) in [4.78, 5) is 25.7. The molecule has 2 unspecified atom stereocenters. The number of rotatable bonds is 2. The van der Waals surface area contributed by atoms with Gasteiger partial charge in [0.15, 0.2) is 0 Å². The van der Waals surface area contributed by atoms with Crippen LogP contribution in [-0.2, 0) is 16.1 Å². The van der Waals surface area contributed by atoms with Crippen molar-refractivity contribution in [1.29, 1.82) is 0 Å². The summed E-state index contributed by atoms with van der Waals surface area (Å²) in [5, 5.41) is 0. The topological polar surface area (TPSA) is 51.5 Å². The minimum Gasteiger partial charge on any atom is -0.375 e. The van der Waals surface area contributed by atoms with E-state index >= 15 is 0 Å². The third kappa shape index (κ3) is 2.18. The van der Waals surface area contributed by atoms with Crippen molar-refractivity contribution in [2.75, 3.05) is 26.8 Å². The van der Waals surface area contributed by atoms with Crippen LogP contribution >= 0.6 is 0 Å². The van der Waals surface area contributed by atoms with Crippen LogP contribution in [0.5, 0.6) is 0 Å². The van der Waals surface area contributed by atoms with Gasteiger partial charge >= 0.3 is 0 Å². The van der Waals surface area contributed by atoms with Gasteiger partial charge in [0.05, 0.1) is 0 Å². The molecule has 0 N–H and O–H groups in total. The van der Waals surface area contributed by atoms with Gasteiger partial charge in [-0.2, -0.15) is 0 Å². The predicted octanol–water partition coefficient (Wildman–Crippen LogP) is 0.440. The molecule has 5 nitrogen and oxygen atoms in total. The van der Waals surface area contributed by atoms with Gasteiger partial charge in [-0.05, 0) is 18.4 Å². The molecular weight excluding hydrogens is 244 g/mol. The minimum absolute atomic E-state index is 0.0453. The summed E-state index contributed by atoms with van der Waals surface area (Å²) in [6.07, 6.45) is 1.07. The van der Waals surface area contributed by atoms with Crippen molar-refractivity contribution in [2.24, 2.45) is 5.92 Å². The van der Waals surface area contributed by atoms with E-state index in [1.807, 2.05) is 21.6 Å². The van der Waals surface area contributed by atoms with Crippen molar-refractivity contribution < 1.29 is 9.53 Å². The van der Waals surface area contributed by atoms with Crippen molar-refractivity contribution >= 4 is 5.91 Å². The van der Waals surface area contributed by atoms with Crippen LogP contribution in [-0.4, -0.2) is 42.2 Å². The van der Waals surface area contributed by atoms with E-state index in [2.05, 4.69) is 0 Å². The van der Waals surface area contributed by atoms with Gasteiger partial charge in [0.2, 0.25) is 5.91 Å². The Labute approximate surface area is 111 Å². The van der Waals surface area contributed by atoms with Gasteiger partial charge in [-0.15, -0.1) is 0 Å². The fourth-order valence-corrected chi connectivity index (χ4v) is 3.31. The third-order valence-corrected chi connectivity index (χ3v) is 4.10. The molecular formula is C14H18N2O3. The standard InChI is InChI=1S/C14H18N2O3/c1-19-9-14(18)15-6-10-5-11(8-15)12-3-2-4-13(17)16(12)7-10/h2-4,10-11H,5-9H2,1H3. The molecule has 1 amide bonds. The summed E-state index contributed by atoms with van der Waals surface area (Å²) in [7, 11) is 1.54. The van der Waals surface area contributed by atoms with Crippen LogP contribution in [0.3, 0.4) is 0 Å². The van der Waals surface area contributed by atoms with Crippen LogP contribution < -0.4 is 5.56 Å².